The third-order valence-corrected chi connectivity index (χ3v) is 4.00. The van der Waals surface area contributed by atoms with Crippen LogP contribution in [0.3, 0.4) is 0 Å². The van der Waals surface area contributed by atoms with Crippen molar-refractivity contribution in [2.45, 2.75) is 12.5 Å². The van der Waals surface area contributed by atoms with E-state index in [4.69, 9.17) is 11.6 Å². The van der Waals surface area contributed by atoms with E-state index in [0.29, 0.717) is 17.5 Å². The molecule has 0 saturated heterocycles. The number of pyridine rings is 1. The van der Waals surface area contributed by atoms with Crippen LogP contribution in [0.2, 0.25) is 5.15 Å². The van der Waals surface area contributed by atoms with Crippen molar-refractivity contribution in [3.8, 4) is 0 Å². The number of aliphatic hydroxyl groups is 1. The van der Waals surface area contributed by atoms with Crippen LogP contribution in [0.15, 0.2) is 60.7 Å². The van der Waals surface area contributed by atoms with Crippen LogP contribution in [0.4, 0.5) is 0 Å². The summed E-state index contributed by atoms with van der Waals surface area (Å²) in [7, 11) is 0. The molecule has 5 heteroatoms. The van der Waals surface area contributed by atoms with Gasteiger partial charge in [0, 0.05) is 5.39 Å². The molecular formula is C19H17ClN2O2. The number of nitrogens with one attached hydrogen (secondary N) is 1. The molecule has 1 unspecified atom stereocenters. The van der Waals surface area contributed by atoms with Crippen molar-refractivity contribution in [3.63, 3.8) is 0 Å². The van der Waals surface area contributed by atoms with Crippen LogP contribution < -0.4 is 5.32 Å². The summed E-state index contributed by atoms with van der Waals surface area (Å²) < 4.78 is 0. The Morgan fingerprint density at radius 2 is 1.83 bits per heavy atom. The van der Waals surface area contributed by atoms with Gasteiger partial charge in [0.2, 0.25) is 0 Å². The molecule has 2 aromatic carbocycles. The highest BCUT2D eigenvalue weighted by Crippen LogP contribution is 2.21. The van der Waals surface area contributed by atoms with Gasteiger partial charge in [-0.25, -0.2) is 4.98 Å². The van der Waals surface area contributed by atoms with Gasteiger partial charge in [0.15, 0.2) is 0 Å². The molecule has 0 aliphatic heterocycles. The number of fused-ring (bicyclic) bond motifs is 1. The molecule has 0 radical (unpaired) electrons. The quantitative estimate of drug-likeness (QED) is 0.701. The Morgan fingerprint density at radius 3 is 2.58 bits per heavy atom. The second kappa shape index (κ2) is 7.43. The minimum Gasteiger partial charge on any atom is -0.394 e. The first-order valence-corrected chi connectivity index (χ1v) is 8.06. The molecular weight excluding hydrogens is 324 g/mol. The van der Waals surface area contributed by atoms with Crippen molar-refractivity contribution in [1.29, 1.82) is 0 Å². The Labute approximate surface area is 145 Å². The van der Waals surface area contributed by atoms with Crippen LogP contribution in [-0.2, 0) is 6.42 Å². The van der Waals surface area contributed by atoms with Crippen LogP contribution in [0.1, 0.15) is 15.9 Å². The Hall–Kier alpha value is -2.43. The number of aliphatic hydroxyl groups excluding tert-OH is 1. The number of benzene rings is 2. The first kappa shape index (κ1) is 16.4. The predicted octanol–water partition coefficient (Wildman–Crippen LogP) is 3.22. The lowest BCUT2D eigenvalue weighted by Gasteiger charge is -2.17. The van der Waals surface area contributed by atoms with Crippen molar-refractivity contribution in [3.05, 3.63) is 76.9 Å². The van der Waals surface area contributed by atoms with E-state index in [0.717, 1.165) is 10.9 Å². The lowest BCUT2D eigenvalue weighted by atomic mass is 10.0. The highest BCUT2D eigenvalue weighted by Gasteiger charge is 2.17. The first-order chi connectivity index (χ1) is 11.7. The highest BCUT2D eigenvalue weighted by molar-refractivity contribution is 6.30. The molecule has 2 N–H and O–H groups in total. The zero-order valence-corrected chi connectivity index (χ0v) is 13.7. The predicted molar refractivity (Wildman–Crippen MR) is 95.2 cm³/mol. The molecule has 3 aromatic rings. The minimum atomic E-state index is -0.370. The molecule has 24 heavy (non-hydrogen) atoms. The SMILES string of the molecule is O=C(NC(CO)Cc1ccccc1)c1cc(Cl)nc2ccccc12. The maximum absolute atomic E-state index is 12.7. The topological polar surface area (TPSA) is 62.2 Å². The van der Waals surface area contributed by atoms with Crippen LogP contribution in [0.5, 0.6) is 0 Å². The average molecular weight is 341 g/mol. The van der Waals surface area contributed by atoms with Crippen LogP contribution in [0, 0.1) is 0 Å². The normalized spacial score (nSPS) is 12.1. The van der Waals surface area contributed by atoms with Crippen molar-refractivity contribution < 1.29 is 9.90 Å². The molecule has 1 aromatic heterocycles. The smallest absolute Gasteiger partial charge is 0.252 e. The number of para-hydroxylation sites is 1. The molecule has 0 spiro atoms. The Kier molecular flexibility index (Phi) is 5.08. The second-order valence-corrected chi connectivity index (χ2v) is 5.94. The van der Waals surface area contributed by atoms with E-state index in [1.54, 1.807) is 6.07 Å². The van der Waals surface area contributed by atoms with Crippen LogP contribution in [-0.4, -0.2) is 28.6 Å². The highest BCUT2D eigenvalue weighted by atomic mass is 35.5. The molecule has 1 atom stereocenters. The molecule has 1 amide bonds. The van der Waals surface area contributed by atoms with Gasteiger partial charge in [-0.3, -0.25) is 4.79 Å². The van der Waals surface area contributed by atoms with Gasteiger partial charge in [0.05, 0.1) is 23.7 Å². The fourth-order valence-electron chi connectivity index (χ4n) is 2.65. The van der Waals surface area contributed by atoms with E-state index in [1.807, 2.05) is 54.6 Å². The van der Waals surface area contributed by atoms with Crippen molar-refractivity contribution in [2.24, 2.45) is 0 Å². The van der Waals surface area contributed by atoms with Crippen molar-refractivity contribution >= 4 is 28.4 Å². The largest absolute Gasteiger partial charge is 0.394 e. The van der Waals surface area contributed by atoms with Gasteiger partial charge in [-0.2, -0.15) is 0 Å². The summed E-state index contributed by atoms with van der Waals surface area (Å²) in [6.07, 6.45) is 0.555. The number of hydrogen-bond acceptors (Lipinski definition) is 3. The lowest BCUT2D eigenvalue weighted by molar-refractivity contribution is 0.0918. The number of rotatable bonds is 5. The number of aromatic nitrogens is 1. The summed E-state index contributed by atoms with van der Waals surface area (Å²) in [4.78, 5) is 16.9. The van der Waals surface area contributed by atoms with Gasteiger partial charge in [-0.15, -0.1) is 0 Å². The van der Waals surface area contributed by atoms with E-state index in [9.17, 15) is 9.90 Å². The molecule has 4 nitrogen and oxygen atoms in total. The maximum atomic E-state index is 12.7. The third-order valence-electron chi connectivity index (χ3n) is 3.81. The zero-order valence-electron chi connectivity index (χ0n) is 12.9. The van der Waals surface area contributed by atoms with Gasteiger partial charge < -0.3 is 10.4 Å². The lowest BCUT2D eigenvalue weighted by Crippen LogP contribution is -2.39. The second-order valence-electron chi connectivity index (χ2n) is 5.55. The number of carbonyl (C=O) groups is 1. The number of carbonyl (C=O) groups excluding carboxylic acids is 1. The molecule has 0 saturated carbocycles. The molecule has 0 aliphatic carbocycles. The summed E-state index contributed by atoms with van der Waals surface area (Å²) in [5.74, 6) is -0.273. The Balaban J connectivity index is 1.83. The molecule has 0 aliphatic rings. The molecule has 3 rings (SSSR count). The number of nitrogens with zero attached hydrogens (tertiary/aromatic N) is 1. The molecule has 1 heterocycles. The Morgan fingerprint density at radius 1 is 1.12 bits per heavy atom. The summed E-state index contributed by atoms with van der Waals surface area (Å²) in [6.45, 7) is -0.141. The summed E-state index contributed by atoms with van der Waals surface area (Å²) in [5.41, 5.74) is 2.17. The zero-order chi connectivity index (χ0) is 16.9. The van der Waals surface area contributed by atoms with E-state index in [2.05, 4.69) is 10.3 Å². The number of hydrogen-bond donors (Lipinski definition) is 2. The fourth-order valence-corrected chi connectivity index (χ4v) is 2.85. The van der Waals surface area contributed by atoms with Crippen LogP contribution >= 0.6 is 11.6 Å². The van der Waals surface area contributed by atoms with E-state index < -0.39 is 0 Å². The molecule has 0 fully saturated rings. The van der Waals surface area contributed by atoms with E-state index in [-0.39, 0.29) is 23.7 Å². The van der Waals surface area contributed by atoms with Crippen molar-refractivity contribution in [1.82, 2.24) is 10.3 Å². The minimum absolute atomic E-state index is 0.141. The fraction of sp³-hybridized carbons (Fsp3) is 0.158. The third kappa shape index (κ3) is 3.72. The maximum Gasteiger partial charge on any atom is 0.252 e. The van der Waals surface area contributed by atoms with Crippen molar-refractivity contribution in [2.75, 3.05) is 6.61 Å². The number of halogens is 1. The standard InChI is InChI=1S/C19H17ClN2O2/c20-18-11-16(15-8-4-5-9-17(15)22-18)19(24)21-14(12-23)10-13-6-2-1-3-7-13/h1-9,11,14,23H,10,12H2,(H,21,24). The van der Waals surface area contributed by atoms with E-state index >= 15 is 0 Å². The van der Waals surface area contributed by atoms with Gasteiger partial charge in [0.1, 0.15) is 5.15 Å². The Bertz CT molecular complexity index is 852. The van der Waals surface area contributed by atoms with Gasteiger partial charge >= 0.3 is 0 Å². The monoisotopic (exact) mass is 340 g/mol. The van der Waals surface area contributed by atoms with E-state index in [1.165, 1.54) is 0 Å². The molecule has 122 valence electrons. The number of amides is 1. The summed E-state index contributed by atoms with van der Waals surface area (Å²) >= 11 is 6.03. The van der Waals surface area contributed by atoms with Gasteiger partial charge in [0.25, 0.3) is 5.91 Å². The average Bonchev–Trinajstić information content (AvgIpc) is 2.61. The van der Waals surface area contributed by atoms with Crippen LogP contribution in [0.25, 0.3) is 10.9 Å². The van der Waals surface area contributed by atoms with Gasteiger partial charge in [-0.05, 0) is 24.1 Å². The summed E-state index contributed by atoms with van der Waals surface area (Å²) in [6, 6.07) is 18.2. The first-order valence-electron chi connectivity index (χ1n) is 7.68. The van der Waals surface area contributed by atoms with Gasteiger partial charge in [-0.1, -0.05) is 60.1 Å². The molecule has 0 bridgehead atoms. The summed E-state index contributed by atoms with van der Waals surface area (Å²) in [5, 5.41) is 13.5.